The highest BCUT2D eigenvalue weighted by atomic mass is 19.3. The summed E-state index contributed by atoms with van der Waals surface area (Å²) in [6.45, 7) is -0.0362. The molecule has 0 N–H and O–H groups in total. The van der Waals surface area contributed by atoms with E-state index in [1.54, 1.807) is 10.6 Å². The second-order valence-corrected chi connectivity index (χ2v) is 9.97. The summed E-state index contributed by atoms with van der Waals surface area (Å²) in [5, 5.41) is 8.90. The molecular weight excluding hydrogens is 618 g/mol. The Balaban J connectivity index is 1.47. The smallest absolute Gasteiger partial charge is 0.379 e. The number of carbonyl (C=O) groups is 1. The van der Waals surface area contributed by atoms with E-state index in [4.69, 9.17) is 14.7 Å². The number of methoxy groups -OCH3 is 1. The van der Waals surface area contributed by atoms with Crippen molar-refractivity contribution >= 4 is 17.0 Å². The lowest BCUT2D eigenvalue weighted by atomic mass is 10.0. The van der Waals surface area contributed by atoms with Crippen molar-refractivity contribution in [1.82, 2.24) is 14.5 Å². The van der Waals surface area contributed by atoms with Crippen LogP contribution in [0.3, 0.4) is 0 Å². The zero-order chi connectivity index (χ0) is 33.0. The molecule has 0 atom stereocenters. The third kappa shape index (κ3) is 6.79. The molecule has 8 nitrogen and oxygen atoms in total. The number of ether oxygens (including phenoxy) is 2. The van der Waals surface area contributed by atoms with E-state index in [0.717, 1.165) is 30.3 Å². The largest absolute Gasteiger partial charge is 0.473 e. The molecular formula is C32H22F6N4O4. The lowest BCUT2D eigenvalue weighted by Crippen LogP contribution is -2.10. The van der Waals surface area contributed by atoms with Crippen molar-refractivity contribution in [3.05, 3.63) is 112 Å². The molecule has 0 saturated carbocycles. The number of carbonyl (C=O) groups excluding carboxylic acids is 1. The molecule has 0 saturated heterocycles. The van der Waals surface area contributed by atoms with Crippen molar-refractivity contribution in [2.24, 2.45) is 0 Å². The lowest BCUT2D eigenvalue weighted by molar-refractivity contribution is -0.0787. The van der Waals surface area contributed by atoms with Gasteiger partial charge in [-0.1, -0.05) is 6.07 Å². The average molecular weight is 641 g/mol. The molecule has 3 aromatic carbocycles. The lowest BCUT2D eigenvalue weighted by Gasteiger charge is -2.13. The van der Waals surface area contributed by atoms with Crippen LogP contribution in [0, 0.1) is 28.8 Å². The number of rotatable bonds is 11. The van der Waals surface area contributed by atoms with E-state index in [1.165, 1.54) is 37.4 Å². The van der Waals surface area contributed by atoms with E-state index in [-0.39, 0.29) is 59.2 Å². The molecule has 2 aromatic heterocycles. The van der Waals surface area contributed by atoms with Gasteiger partial charge in [0, 0.05) is 47.4 Å². The summed E-state index contributed by atoms with van der Waals surface area (Å²) in [4.78, 5) is 23.5. The van der Waals surface area contributed by atoms with Gasteiger partial charge in [-0.2, -0.15) is 5.26 Å². The van der Waals surface area contributed by atoms with Crippen LogP contribution >= 0.6 is 0 Å². The molecule has 0 aliphatic carbocycles. The molecule has 46 heavy (non-hydrogen) atoms. The van der Waals surface area contributed by atoms with Gasteiger partial charge in [0.05, 0.1) is 40.5 Å². The van der Waals surface area contributed by atoms with E-state index in [9.17, 15) is 22.5 Å². The number of hydrogen-bond donors (Lipinski definition) is 0. The van der Waals surface area contributed by atoms with E-state index >= 15 is 8.78 Å². The van der Waals surface area contributed by atoms with Crippen LogP contribution < -0.4 is 4.74 Å². The van der Waals surface area contributed by atoms with Gasteiger partial charge in [-0.25, -0.2) is 41.7 Å². The second kappa shape index (κ2) is 13.7. The van der Waals surface area contributed by atoms with Gasteiger partial charge < -0.3 is 14.0 Å². The van der Waals surface area contributed by atoms with Gasteiger partial charge in [0.15, 0.2) is 0 Å². The molecule has 0 unspecified atom stereocenters. The number of nitrogens with zero attached hydrogens (tertiary/aromatic N) is 4. The maximum atomic E-state index is 15.5. The highest BCUT2D eigenvalue weighted by molar-refractivity contribution is 5.93. The molecule has 0 aliphatic heterocycles. The van der Waals surface area contributed by atoms with Crippen LogP contribution in [-0.4, -0.2) is 34.2 Å². The third-order valence-electron chi connectivity index (χ3n) is 7.05. The Morgan fingerprint density at radius 1 is 0.957 bits per heavy atom. The number of nitriles is 1. The Morgan fingerprint density at radius 2 is 1.74 bits per heavy atom. The monoisotopic (exact) mass is 640 g/mol. The zero-order valence-corrected chi connectivity index (χ0v) is 23.9. The molecule has 5 aromatic rings. The van der Waals surface area contributed by atoms with Gasteiger partial charge in [0.2, 0.25) is 5.88 Å². The molecule has 0 bridgehead atoms. The Hall–Kier alpha value is -5.42. The Kier molecular flexibility index (Phi) is 9.53. The first-order valence-corrected chi connectivity index (χ1v) is 13.5. The summed E-state index contributed by atoms with van der Waals surface area (Å²) >= 11 is 0. The minimum Gasteiger partial charge on any atom is -0.473 e. The first-order valence-electron chi connectivity index (χ1n) is 13.5. The van der Waals surface area contributed by atoms with Crippen LogP contribution in [0.4, 0.5) is 26.5 Å². The molecule has 2 heterocycles. The van der Waals surface area contributed by atoms with Crippen molar-refractivity contribution in [3.63, 3.8) is 0 Å². The fraction of sp³-hybridized carbons (Fsp3) is 0.188. The minimum atomic E-state index is -3.02. The van der Waals surface area contributed by atoms with Crippen molar-refractivity contribution in [3.8, 4) is 23.2 Å². The van der Waals surface area contributed by atoms with Crippen molar-refractivity contribution < 1.29 is 45.7 Å². The minimum absolute atomic E-state index is 0.0152. The summed E-state index contributed by atoms with van der Waals surface area (Å²) in [7, 11) is 1.46. The normalized spacial score (nSPS) is 11.2. The van der Waals surface area contributed by atoms with Crippen LogP contribution in [0.15, 0.2) is 60.7 Å². The molecule has 0 fully saturated rings. The number of fused-ring (bicyclic) bond motifs is 1. The van der Waals surface area contributed by atoms with Crippen LogP contribution in [-0.2, 0) is 29.3 Å². The first kappa shape index (κ1) is 32.0. The number of pyridine rings is 1. The topological polar surface area (TPSA) is 99.3 Å². The molecule has 236 valence electrons. The average Bonchev–Trinajstić information content (AvgIpc) is 3.39. The number of benzene rings is 3. The van der Waals surface area contributed by atoms with E-state index in [1.807, 2.05) is 0 Å². The molecule has 0 amide bonds. The Morgan fingerprint density at radius 3 is 2.43 bits per heavy atom. The Labute approximate surface area is 257 Å². The first-order chi connectivity index (χ1) is 22.1. The van der Waals surface area contributed by atoms with Gasteiger partial charge in [-0.15, -0.1) is 0 Å². The number of alkyl halides is 2. The number of hydrogen-bond acceptors (Lipinski definition) is 7. The van der Waals surface area contributed by atoms with Gasteiger partial charge in [0.1, 0.15) is 29.9 Å². The van der Waals surface area contributed by atoms with Crippen molar-refractivity contribution in [2.45, 2.75) is 26.0 Å². The summed E-state index contributed by atoms with van der Waals surface area (Å²) in [5.74, 6) is -3.96. The molecule has 5 rings (SSSR count). The highest BCUT2D eigenvalue weighted by Gasteiger charge is 2.21. The SMILES string of the molecule is COCCn1c(Cc2cc(F)c(-c3cc(C(F)F)cc(OCc4ccc(C#N)cc4F)n3)cc2F)nc2ccc(C(=O)OF)cc21. The van der Waals surface area contributed by atoms with Crippen LogP contribution in [0.2, 0.25) is 0 Å². The van der Waals surface area contributed by atoms with Gasteiger partial charge in [0.25, 0.3) is 6.43 Å². The van der Waals surface area contributed by atoms with Crippen molar-refractivity contribution in [2.75, 3.05) is 13.7 Å². The molecule has 0 radical (unpaired) electrons. The van der Waals surface area contributed by atoms with Crippen LogP contribution in [0.1, 0.15) is 44.9 Å². The fourth-order valence-corrected chi connectivity index (χ4v) is 4.75. The number of aromatic nitrogens is 3. The zero-order valence-electron chi connectivity index (χ0n) is 23.9. The second-order valence-electron chi connectivity index (χ2n) is 9.97. The van der Waals surface area contributed by atoms with Crippen LogP contribution in [0.25, 0.3) is 22.3 Å². The maximum Gasteiger partial charge on any atom is 0.379 e. The fourth-order valence-electron chi connectivity index (χ4n) is 4.75. The predicted octanol–water partition coefficient (Wildman–Crippen LogP) is 7.18. The van der Waals surface area contributed by atoms with Gasteiger partial charge in [-0.05, 0) is 54.1 Å². The quantitative estimate of drug-likeness (QED) is 0.141. The summed E-state index contributed by atoms with van der Waals surface area (Å²) in [5.41, 5.74) is -0.718. The van der Waals surface area contributed by atoms with Gasteiger partial charge in [-0.3, -0.25) is 0 Å². The summed E-state index contributed by atoms with van der Waals surface area (Å²) in [6, 6.07) is 13.0. The van der Waals surface area contributed by atoms with Crippen molar-refractivity contribution in [1.29, 1.82) is 5.26 Å². The predicted molar refractivity (Wildman–Crippen MR) is 151 cm³/mol. The molecule has 0 aliphatic rings. The highest BCUT2D eigenvalue weighted by Crippen LogP contribution is 2.32. The summed E-state index contributed by atoms with van der Waals surface area (Å²) in [6.07, 6.45) is -3.24. The van der Waals surface area contributed by atoms with Gasteiger partial charge >= 0.3 is 5.97 Å². The van der Waals surface area contributed by atoms with E-state index in [2.05, 4.69) is 14.9 Å². The molecule has 0 spiro atoms. The summed E-state index contributed by atoms with van der Waals surface area (Å²) < 4.78 is 97.4. The standard InChI is InChI=1S/C32H22F6N4O4/c1-44-7-6-42-28-11-18(32(43)46-38)4-5-26(28)40-29(42)12-20-9-25(35)22(14-24(20)34)27-10-21(31(36)37)13-30(41-27)45-16-19-3-2-17(15-39)8-23(19)33/h2-5,8-11,13-14,31H,6-7,12,16H2,1H3. The third-order valence-corrected chi connectivity index (χ3v) is 7.05. The van der Waals surface area contributed by atoms with E-state index < -0.39 is 47.6 Å². The maximum absolute atomic E-state index is 15.5. The van der Waals surface area contributed by atoms with E-state index in [0.29, 0.717) is 11.0 Å². The van der Waals surface area contributed by atoms with Crippen LogP contribution in [0.5, 0.6) is 5.88 Å². The molecule has 14 heteroatoms. The number of imidazole rings is 1. The Bertz CT molecular complexity index is 1980. The number of halogens is 6.